The molecule has 1 aromatic heterocycles. The zero-order valence-electron chi connectivity index (χ0n) is 8.72. The van der Waals surface area contributed by atoms with E-state index >= 15 is 0 Å². The molecule has 0 fully saturated rings. The number of rotatable bonds is 4. The maximum atomic E-state index is 11.5. The van der Waals surface area contributed by atoms with E-state index in [9.17, 15) is 4.79 Å². The molecule has 4 heteroatoms. The number of nitrogens with zero attached hydrogens (tertiary/aromatic N) is 1. The monoisotopic (exact) mass is 216 g/mol. The van der Waals surface area contributed by atoms with Crippen LogP contribution >= 0.6 is 0 Å². The highest BCUT2D eigenvalue weighted by molar-refractivity contribution is 5.90. The van der Waals surface area contributed by atoms with Crippen LogP contribution in [0.15, 0.2) is 47.3 Å². The molecule has 1 heterocycles. The van der Waals surface area contributed by atoms with Crippen LogP contribution in [0.4, 0.5) is 5.69 Å². The van der Waals surface area contributed by atoms with E-state index < -0.39 is 0 Å². The molecule has 0 saturated carbocycles. The zero-order valence-corrected chi connectivity index (χ0v) is 8.72. The van der Waals surface area contributed by atoms with Crippen LogP contribution in [-0.4, -0.2) is 11.1 Å². The number of carbonyl (C=O) groups excluding carboxylic acids is 1. The van der Waals surface area contributed by atoms with Crippen LogP contribution in [0.1, 0.15) is 12.0 Å². The molecule has 0 saturated heterocycles. The predicted molar refractivity (Wildman–Crippen MR) is 59.9 cm³/mol. The van der Waals surface area contributed by atoms with Crippen molar-refractivity contribution in [3.63, 3.8) is 0 Å². The van der Waals surface area contributed by atoms with Crippen LogP contribution < -0.4 is 5.32 Å². The Morgan fingerprint density at radius 2 is 2.12 bits per heavy atom. The molecule has 2 aromatic rings. The fraction of sp³-hybridized carbons (Fsp3) is 0.167. The van der Waals surface area contributed by atoms with Gasteiger partial charge < -0.3 is 9.84 Å². The standard InChI is InChI=1S/C12H12N2O2/c15-12(14-11-8-13-16-9-11)7-6-10-4-2-1-3-5-10/h1-5,8-9H,6-7H2,(H,14,15). The van der Waals surface area contributed by atoms with Gasteiger partial charge in [0.05, 0.1) is 6.20 Å². The number of hydrogen-bond acceptors (Lipinski definition) is 3. The Kier molecular flexibility index (Phi) is 3.33. The van der Waals surface area contributed by atoms with Crippen LogP contribution in [0.25, 0.3) is 0 Å². The summed E-state index contributed by atoms with van der Waals surface area (Å²) >= 11 is 0. The summed E-state index contributed by atoms with van der Waals surface area (Å²) in [4.78, 5) is 11.5. The van der Waals surface area contributed by atoms with Crippen molar-refractivity contribution in [2.24, 2.45) is 0 Å². The average Bonchev–Trinajstić information content (AvgIpc) is 2.81. The van der Waals surface area contributed by atoms with Crippen molar-refractivity contribution in [2.75, 3.05) is 5.32 Å². The summed E-state index contributed by atoms with van der Waals surface area (Å²) in [5.74, 6) is -0.0351. The summed E-state index contributed by atoms with van der Waals surface area (Å²) in [5.41, 5.74) is 1.75. The van der Waals surface area contributed by atoms with Crippen molar-refractivity contribution in [3.8, 4) is 0 Å². The fourth-order valence-electron chi connectivity index (χ4n) is 1.39. The Labute approximate surface area is 93.3 Å². The summed E-state index contributed by atoms with van der Waals surface area (Å²) in [6.07, 6.45) is 4.06. The van der Waals surface area contributed by atoms with E-state index in [-0.39, 0.29) is 5.91 Å². The number of carbonyl (C=O) groups is 1. The maximum absolute atomic E-state index is 11.5. The van der Waals surface area contributed by atoms with Gasteiger partial charge in [-0.3, -0.25) is 4.79 Å². The first-order valence-electron chi connectivity index (χ1n) is 5.08. The first kappa shape index (κ1) is 10.4. The molecule has 4 nitrogen and oxygen atoms in total. The molecule has 1 aromatic carbocycles. The fourth-order valence-corrected chi connectivity index (χ4v) is 1.39. The summed E-state index contributed by atoms with van der Waals surface area (Å²) in [5, 5.41) is 6.20. The first-order chi connectivity index (χ1) is 7.84. The third kappa shape index (κ3) is 2.95. The minimum atomic E-state index is -0.0351. The van der Waals surface area contributed by atoms with Crippen LogP contribution in [0.5, 0.6) is 0 Å². The van der Waals surface area contributed by atoms with Gasteiger partial charge in [0.15, 0.2) is 0 Å². The molecule has 0 bridgehead atoms. The number of aryl methyl sites for hydroxylation is 1. The lowest BCUT2D eigenvalue weighted by atomic mass is 10.1. The number of benzene rings is 1. The Balaban J connectivity index is 1.80. The van der Waals surface area contributed by atoms with E-state index in [1.165, 1.54) is 12.5 Å². The molecule has 0 aliphatic carbocycles. The molecule has 82 valence electrons. The van der Waals surface area contributed by atoms with E-state index in [0.717, 1.165) is 12.0 Å². The van der Waals surface area contributed by atoms with Crippen molar-refractivity contribution in [1.82, 2.24) is 5.16 Å². The summed E-state index contributed by atoms with van der Waals surface area (Å²) in [7, 11) is 0. The summed E-state index contributed by atoms with van der Waals surface area (Å²) < 4.78 is 4.61. The summed E-state index contributed by atoms with van der Waals surface area (Å²) in [6, 6.07) is 9.90. The number of hydrogen-bond donors (Lipinski definition) is 1. The van der Waals surface area contributed by atoms with E-state index in [1.54, 1.807) is 0 Å². The topological polar surface area (TPSA) is 55.1 Å². The molecule has 0 spiro atoms. The van der Waals surface area contributed by atoms with Crippen LogP contribution in [0.2, 0.25) is 0 Å². The smallest absolute Gasteiger partial charge is 0.224 e. The largest absolute Gasteiger partial charge is 0.363 e. The number of anilines is 1. The Bertz CT molecular complexity index is 437. The normalized spacial score (nSPS) is 10.0. The molecule has 2 rings (SSSR count). The van der Waals surface area contributed by atoms with Crippen molar-refractivity contribution < 1.29 is 9.32 Å². The molecule has 0 aliphatic heterocycles. The van der Waals surface area contributed by atoms with Gasteiger partial charge in [-0.2, -0.15) is 0 Å². The van der Waals surface area contributed by atoms with Crippen LogP contribution in [0.3, 0.4) is 0 Å². The first-order valence-corrected chi connectivity index (χ1v) is 5.08. The average molecular weight is 216 g/mol. The molecule has 1 N–H and O–H groups in total. The minimum Gasteiger partial charge on any atom is -0.363 e. The van der Waals surface area contributed by atoms with Gasteiger partial charge in [-0.25, -0.2) is 0 Å². The number of nitrogens with one attached hydrogen (secondary N) is 1. The van der Waals surface area contributed by atoms with Crippen molar-refractivity contribution in [2.45, 2.75) is 12.8 Å². The van der Waals surface area contributed by atoms with Gasteiger partial charge in [0.25, 0.3) is 0 Å². The predicted octanol–water partition coefficient (Wildman–Crippen LogP) is 2.25. The highest BCUT2D eigenvalue weighted by Gasteiger charge is 2.03. The Morgan fingerprint density at radius 3 is 2.81 bits per heavy atom. The maximum Gasteiger partial charge on any atom is 0.224 e. The van der Waals surface area contributed by atoms with Crippen molar-refractivity contribution >= 4 is 11.6 Å². The summed E-state index contributed by atoms with van der Waals surface area (Å²) in [6.45, 7) is 0. The molecule has 1 amide bonds. The highest BCUT2D eigenvalue weighted by atomic mass is 16.5. The van der Waals surface area contributed by atoms with Gasteiger partial charge in [0.2, 0.25) is 5.91 Å². The van der Waals surface area contributed by atoms with Gasteiger partial charge in [-0.05, 0) is 12.0 Å². The zero-order chi connectivity index (χ0) is 11.2. The molecule has 0 unspecified atom stereocenters. The lowest BCUT2D eigenvalue weighted by Crippen LogP contribution is -2.11. The van der Waals surface area contributed by atoms with Crippen LogP contribution in [0, 0.1) is 0 Å². The van der Waals surface area contributed by atoms with E-state index in [0.29, 0.717) is 12.1 Å². The third-order valence-corrected chi connectivity index (χ3v) is 2.20. The quantitative estimate of drug-likeness (QED) is 0.852. The second-order valence-corrected chi connectivity index (χ2v) is 3.45. The van der Waals surface area contributed by atoms with E-state index in [1.807, 2.05) is 30.3 Å². The van der Waals surface area contributed by atoms with Crippen molar-refractivity contribution in [3.05, 3.63) is 48.4 Å². The third-order valence-electron chi connectivity index (χ3n) is 2.20. The minimum absolute atomic E-state index is 0.0351. The Morgan fingerprint density at radius 1 is 1.31 bits per heavy atom. The van der Waals surface area contributed by atoms with Gasteiger partial charge in [-0.1, -0.05) is 35.5 Å². The molecule has 0 atom stereocenters. The lowest BCUT2D eigenvalue weighted by Gasteiger charge is -2.01. The molecule has 16 heavy (non-hydrogen) atoms. The number of aromatic nitrogens is 1. The number of amides is 1. The molecular formula is C12H12N2O2. The molecular weight excluding hydrogens is 204 g/mol. The SMILES string of the molecule is O=C(CCc1ccccc1)Nc1cnoc1. The highest BCUT2D eigenvalue weighted by Crippen LogP contribution is 2.06. The molecule has 0 aliphatic rings. The van der Waals surface area contributed by atoms with Gasteiger partial charge in [0, 0.05) is 6.42 Å². The second-order valence-electron chi connectivity index (χ2n) is 3.45. The van der Waals surface area contributed by atoms with Gasteiger partial charge in [0.1, 0.15) is 12.0 Å². The van der Waals surface area contributed by atoms with Gasteiger partial charge >= 0.3 is 0 Å². The lowest BCUT2D eigenvalue weighted by molar-refractivity contribution is -0.116. The second kappa shape index (κ2) is 5.11. The van der Waals surface area contributed by atoms with Crippen LogP contribution in [-0.2, 0) is 11.2 Å². The van der Waals surface area contributed by atoms with E-state index in [4.69, 9.17) is 0 Å². The van der Waals surface area contributed by atoms with E-state index in [2.05, 4.69) is 15.0 Å². The van der Waals surface area contributed by atoms with Crippen molar-refractivity contribution in [1.29, 1.82) is 0 Å². The van der Waals surface area contributed by atoms with Gasteiger partial charge in [-0.15, -0.1) is 0 Å². The molecule has 0 radical (unpaired) electrons. The Hall–Kier alpha value is -2.10.